The zero-order valence-corrected chi connectivity index (χ0v) is 18.4. The van der Waals surface area contributed by atoms with Gasteiger partial charge in [-0.05, 0) is 37.5 Å². The first-order valence-corrected chi connectivity index (χ1v) is 10.4. The van der Waals surface area contributed by atoms with Gasteiger partial charge in [0.2, 0.25) is 5.91 Å². The van der Waals surface area contributed by atoms with Crippen molar-refractivity contribution in [3.63, 3.8) is 0 Å². The van der Waals surface area contributed by atoms with Crippen molar-refractivity contribution in [2.45, 2.75) is 46.3 Å². The van der Waals surface area contributed by atoms with Gasteiger partial charge >= 0.3 is 5.97 Å². The van der Waals surface area contributed by atoms with Gasteiger partial charge in [-0.2, -0.15) is 0 Å². The Kier molecular flexibility index (Phi) is 9.06. The molecule has 0 aliphatic heterocycles. The number of hydrogen-bond donors (Lipinski definition) is 2. The summed E-state index contributed by atoms with van der Waals surface area (Å²) in [5, 5.41) is 5.43. The molecule has 166 valence electrons. The molecule has 0 heterocycles. The Bertz CT molecular complexity index is 883. The minimum Gasteiger partial charge on any atom is -0.492 e. The number of carbonyl (C=O) groups excluding carboxylic acids is 3. The maximum atomic E-state index is 12.7. The van der Waals surface area contributed by atoms with Crippen LogP contribution in [0.3, 0.4) is 0 Å². The summed E-state index contributed by atoms with van der Waals surface area (Å²) in [6.45, 7) is 7.40. The highest BCUT2D eigenvalue weighted by atomic mass is 16.5. The molecule has 0 saturated carbocycles. The van der Waals surface area contributed by atoms with Gasteiger partial charge in [0.05, 0.1) is 18.7 Å². The summed E-state index contributed by atoms with van der Waals surface area (Å²) < 4.78 is 10.8. The number of anilines is 1. The standard InChI is InChI=1S/C24H30N2O5/c1-5-30-20-14-10-9-13-19(20)25-23(28)17(4)31-24(29)22(16(2)3)26-21(27)15-18-11-7-6-8-12-18/h6-14,16-17,22H,5,15H2,1-4H3,(H,25,28)(H,26,27)/t17-,22-/m0/s1. The number of carbonyl (C=O) groups is 3. The Morgan fingerprint density at radius 1 is 0.935 bits per heavy atom. The molecule has 2 amide bonds. The summed E-state index contributed by atoms with van der Waals surface area (Å²) in [5.41, 5.74) is 1.34. The van der Waals surface area contributed by atoms with E-state index >= 15 is 0 Å². The maximum absolute atomic E-state index is 12.7. The van der Waals surface area contributed by atoms with Gasteiger partial charge in [-0.3, -0.25) is 9.59 Å². The van der Waals surface area contributed by atoms with Gasteiger partial charge < -0.3 is 20.1 Å². The largest absolute Gasteiger partial charge is 0.492 e. The van der Waals surface area contributed by atoms with Crippen molar-refractivity contribution in [2.75, 3.05) is 11.9 Å². The van der Waals surface area contributed by atoms with E-state index in [2.05, 4.69) is 10.6 Å². The second-order valence-corrected chi connectivity index (χ2v) is 7.45. The molecular weight excluding hydrogens is 396 g/mol. The van der Waals surface area contributed by atoms with Gasteiger partial charge in [0.25, 0.3) is 5.91 Å². The summed E-state index contributed by atoms with van der Waals surface area (Å²) in [5.74, 6) is -1.10. The third kappa shape index (κ3) is 7.44. The zero-order chi connectivity index (χ0) is 22.8. The fraction of sp³-hybridized carbons (Fsp3) is 0.375. The van der Waals surface area contributed by atoms with Gasteiger partial charge in [-0.25, -0.2) is 4.79 Å². The molecule has 0 aliphatic carbocycles. The molecule has 7 heteroatoms. The number of benzene rings is 2. The predicted molar refractivity (Wildman–Crippen MR) is 119 cm³/mol. The van der Waals surface area contributed by atoms with Crippen LogP contribution in [0.5, 0.6) is 5.75 Å². The van der Waals surface area contributed by atoms with Gasteiger partial charge in [-0.1, -0.05) is 56.3 Å². The van der Waals surface area contributed by atoms with E-state index in [-0.39, 0.29) is 18.2 Å². The van der Waals surface area contributed by atoms with Gasteiger partial charge in [0.15, 0.2) is 6.10 Å². The molecule has 31 heavy (non-hydrogen) atoms. The molecule has 0 unspecified atom stereocenters. The highest BCUT2D eigenvalue weighted by molar-refractivity contribution is 5.96. The molecule has 0 fully saturated rings. The Morgan fingerprint density at radius 2 is 1.58 bits per heavy atom. The number of nitrogens with one attached hydrogen (secondary N) is 2. The van der Waals surface area contributed by atoms with Crippen LogP contribution in [0.25, 0.3) is 0 Å². The average Bonchev–Trinajstić information content (AvgIpc) is 2.74. The van der Waals surface area contributed by atoms with Crippen molar-refractivity contribution >= 4 is 23.5 Å². The molecule has 2 N–H and O–H groups in total. The third-order valence-electron chi connectivity index (χ3n) is 4.55. The van der Waals surface area contributed by atoms with Crippen molar-refractivity contribution in [2.24, 2.45) is 5.92 Å². The lowest BCUT2D eigenvalue weighted by Crippen LogP contribution is -2.47. The molecule has 7 nitrogen and oxygen atoms in total. The smallest absolute Gasteiger partial charge is 0.329 e. The van der Waals surface area contributed by atoms with E-state index in [0.717, 1.165) is 5.56 Å². The van der Waals surface area contributed by atoms with Crippen LogP contribution in [0.15, 0.2) is 54.6 Å². The molecular formula is C24H30N2O5. The molecule has 0 radical (unpaired) electrons. The summed E-state index contributed by atoms with van der Waals surface area (Å²) in [7, 11) is 0. The first kappa shape index (κ1) is 23.9. The minimum atomic E-state index is -1.05. The molecule has 2 atom stereocenters. The monoisotopic (exact) mass is 426 g/mol. The van der Waals surface area contributed by atoms with E-state index in [1.165, 1.54) is 6.92 Å². The highest BCUT2D eigenvalue weighted by Crippen LogP contribution is 2.24. The lowest BCUT2D eigenvalue weighted by atomic mass is 10.0. The Morgan fingerprint density at radius 3 is 2.23 bits per heavy atom. The number of rotatable bonds is 10. The molecule has 2 rings (SSSR count). The van der Waals surface area contributed by atoms with Crippen LogP contribution in [0.1, 0.15) is 33.3 Å². The van der Waals surface area contributed by atoms with Crippen LogP contribution in [-0.2, 0) is 25.5 Å². The number of amides is 2. The van der Waals surface area contributed by atoms with E-state index in [0.29, 0.717) is 18.0 Å². The highest BCUT2D eigenvalue weighted by Gasteiger charge is 2.29. The summed E-state index contributed by atoms with van der Waals surface area (Å²) in [6.07, 6.45) is -0.892. The van der Waals surface area contributed by atoms with Gasteiger partial charge in [0, 0.05) is 0 Å². The van der Waals surface area contributed by atoms with Crippen LogP contribution < -0.4 is 15.4 Å². The van der Waals surface area contributed by atoms with E-state index in [4.69, 9.17) is 9.47 Å². The quantitative estimate of drug-likeness (QED) is 0.569. The van der Waals surface area contributed by atoms with E-state index in [1.54, 1.807) is 38.1 Å². The average molecular weight is 427 g/mol. The SMILES string of the molecule is CCOc1ccccc1NC(=O)[C@H](C)OC(=O)[C@@H](NC(=O)Cc1ccccc1)C(C)C. The second kappa shape index (κ2) is 11.7. The van der Waals surface area contributed by atoms with Crippen molar-refractivity contribution in [1.29, 1.82) is 0 Å². The van der Waals surface area contributed by atoms with E-state index < -0.39 is 24.0 Å². The molecule has 2 aromatic rings. The zero-order valence-electron chi connectivity index (χ0n) is 18.4. The van der Waals surface area contributed by atoms with Crippen LogP contribution >= 0.6 is 0 Å². The molecule has 0 aromatic heterocycles. The van der Waals surface area contributed by atoms with Crippen molar-refractivity contribution in [3.05, 3.63) is 60.2 Å². The fourth-order valence-electron chi connectivity index (χ4n) is 2.89. The first-order chi connectivity index (χ1) is 14.8. The molecule has 0 bridgehead atoms. The molecule has 0 aliphatic rings. The Balaban J connectivity index is 1.96. The molecule has 0 spiro atoms. The number of hydrogen-bond acceptors (Lipinski definition) is 5. The van der Waals surface area contributed by atoms with Crippen molar-refractivity contribution in [3.8, 4) is 5.75 Å². The van der Waals surface area contributed by atoms with Crippen molar-refractivity contribution in [1.82, 2.24) is 5.32 Å². The van der Waals surface area contributed by atoms with Gasteiger partial charge in [0.1, 0.15) is 11.8 Å². The van der Waals surface area contributed by atoms with Crippen molar-refractivity contribution < 1.29 is 23.9 Å². The van der Waals surface area contributed by atoms with Crippen LogP contribution in [-0.4, -0.2) is 36.5 Å². The summed E-state index contributed by atoms with van der Waals surface area (Å²) >= 11 is 0. The van der Waals surface area contributed by atoms with E-state index in [1.807, 2.05) is 37.3 Å². The Labute approximate surface area is 183 Å². The number of para-hydroxylation sites is 2. The lowest BCUT2D eigenvalue weighted by molar-refractivity contribution is -0.157. The predicted octanol–water partition coefficient (Wildman–Crippen LogP) is 3.34. The van der Waals surface area contributed by atoms with Crippen LogP contribution in [0.4, 0.5) is 5.69 Å². The van der Waals surface area contributed by atoms with Gasteiger partial charge in [-0.15, -0.1) is 0 Å². The topological polar surface area (TPSA) is 93.7 Å². The lowest BCUT2D eigenvalue weighted by Gasteiger charge is -2.23. The van der Waals surface area contributed by atoms with E-state index in [9.17, 15) is 14.4 Å². The fourth-order valence-corrected chi connectivity index (χ4v) is 2.89. The maximum Gasteiger partial charge on any atom is 0.329 e. The number of ether oxygens (including phenoxy) is 2. The normalized spacial score (nSPS) is 12.5. The minimum absolute atomic E-state index is 0.154. The van der Waals surface area contributed by atoms with Crippen LogP contribution in [0, 0.1) is 5.92 Å². The third-order valence-corrected chi connectivity index (χ3v) is 4.55. The summed E-state index contributed by atoms with van der Waals surface area (Å²) in [4.78, 5) is 37.6. The molecule has 2 aromatic carbocycles. The summed E-state index contributed by atoms with van der Waals surface area (Å²) in [6, 6.07) is 15.4. The van der Waals surface area contributed by atoms with Crippen LogP contribution in [0.2, 0.25) is 0 Å². The Hall–Kier alpha value is -3.35. The second-order valence-electron chi connectivity index (χ2n) is 7.45. The molecule has 0 saturated heterocycles. The number of esters is 1. The first-order valence-electron chi connectivity index (χ1n) is 10.4.